The van der Waals surface area contributed by atoms with Crippen LogP contribution < -0.4 is 0 Å². The first kappa shape index (κ1) is 21.5. The van der Waals surface area contributed by atoms with Gasteiger partial charge in [-0.2, -0.15) is 0 Å². The van der Waals surface area contributed by atoms with Crippen LogP contribution in [-0.2, 0) is 9.59 Å². The van der Waals surface area contributed by atoms with Crippen molar-refractivity contribution in [3.63, 3.8) is 0 Å². The van der Waals surface area contributed by atoms with Gasteiger partial charge in [-0.15, -0.1) is 0 Å². The normalized spacial score (nSPS) is 24.1. The molecule has 1 heterocycles. The van der Waals surface area contributed by atoms with E-state index in [0.29, 0.717) is 13.1 Å². The molecule has 0 radical (unpaired) electrons. The molecule has 6 nitrogen and oxygen atoms in total. The molecule has 3 atom stereocenters. The minimum atomic E-state index is -0.224. The summed E-state index contributed by atoms with van der Waals surface area (Å²) in [6.07, 6.45) is 5.90. The van der Waals surface area contributed by atoms with E-state index in [4.69, 9.17) is 0 Å². The average Bonchev–Trinajstić information content (AvgIpc) is 3.51. The molecule has 158 valence electrons. The van der Waals surface area contributed by atoms with Gasteiger partial charge in [-0.25, -0.2) is 0 Å². The minimum absolute atomic E-state index is 0.0250. The molecule has 0 aromatic heterocycles. The number of likely N-dealkylation sites (tertiary alicyclic amines) is 1. The van der Waals surface area contributed by atoms with Crippen molar-refractivity contribution in [3.8, 4) is 0 Å². The van der Waals surface area contributed by atoms with Crippen molar-refractivity contribution in [1.29, 1.82) is 0 Å². The molecular weight excluding hydrogens is 366 g/mol. The molecule has 1 aliphatic heterocycles. The summed E-state index contributed by atoms with van der Waals surface area (Å²) >= 11 is 0. The Bertz CT molecular complexity index is 755. The molecule has 1 aromatic rings. The Morgan fingerprint density at radius 3 is 2.31 bits per heavy atom. The number of carbonyl (C=O) groups is 2. The smallest absolute Gasteiger partial charge is 0.236 e. The van der Waals surface area contributed by atoms with Gasteiger partial charge in [0.15, 0.2) is 0 Å². The summed E-state index contributed by atoms with van der Waals surface area (Å²) in [7, 11) is 5.54. The molecule has 1 N–H and O–H groups in total. The molecule has 3 rings (SSSR count). The lowest BCUT2D eigenvalue weighted by molar-refractivity contribution is -0.155. The topological polar surface area (TPSA) is 64.1 Å². The molecule has 0 spiro atoms. The zero-order chi connectivity index (χ0) is 21.1. The number of allylic oxidation sites excluding steroid dienone is 1. The van der Waals surface area contributed by atoms with Crippen LogP contribution in [0.2, 0.25) is 0 Å². The molecule has 2 aliphatic rings. The quantitative estimate of drug-likeness (QED) is 0.724. The third kappa shape index (κ3) is 4.70. The van der Waals surface area contributed by atoms with Gasteiger partial charge in [0.05, 0.1) is 25.2 Å². The minimum Gasteiger partial charge on any atom is -0.394 e. The van der Waals surface area contributed by atoms with Gasteiger partial charge in [0.2, 0.25) is 11.8 Å². The van der Waals surface area contributed by atoms with Crippen LogP contribution in [0.3, 0.4) is 0 Å². The Labute approximate surface area is 173 Å². The number of likely N-dealkylation sites (N-methyl/N-ethyl adjacent to an activating group) is 2. The highest BCUT2D eigenvalue weighted by Gasteiger charge is 2.53. The molecule has 0 unspecified atom stereocenters. The summed E-state index contributed by atoms with van der Waals surface area (Å²) in [6.45, 7) is 2.74. The van der Waals surface area contributed by atoms with Crippen molar-refractivity contribution in [2.75, 3.05) is 40.8 Å². The molecule has 1 saturated heterocycles. The molecule has 1 saturated carbocycles. The summed E-state index contributed by atoms with van der Waals surface area (Å²) in [6, 6.07) is 7.95. The maximum atomic E-state index is 12.9. The largest absolute Gasteiger partial charge is 0.394 e. The molecule has 1 aromatic carbocycles. The Morgan fingerprint density at radius 2 is 1.79 bits per heavy atom. The number of aliphatic hydroxyl groups is 1. The van der Waals surface area contributed by atoms with E-state index in [2.05, 4.69) is 24.3 Å². The third-order valence-electron chi connectivity index (χ3n) is 5.93. The zero-order valence-electron chi connectivity index (χ0n) is 17.9. The van der Waals surface area contributed by atoms with Crippen molar-refractivity contribution < 1.29 is 14.7 Å². The van der Waals surface area contributed by atoms with E-state index < -0.39 is 0 Å². The second-order valence-corrected chi connectivity index (χ2v) is 8.54. The zero-order valence-corrected chi connectivity index (χ0v) is 17.9. The predicted octanol–water partition coefficient (Wildman–Crippen LogP) is 1.80. The average molecular weight is 400 g/mol. The molecule has 29 heavy (non-hydrogen) atoms. The fraction of sp³-hybridized carbons (Fsp3) is 0.565. The standard InChI is InChI=1S/C23H33N3O3/c1-5-6-16-7-9-17(10-8-16)22-19(13-25(4)21(28)14-24(2)3)26(20(22)15-27)23(29)18-11-12-18/h5-10,18-20,22,27H,11-15H2,1-4H3/b6-5+/t19-,20+,22-/m1/s1. The molecule has 6 heteroatoms. The third-order valence-corrected chi connectivity index (χ3v) is 5.93. The number of hydrogen-bond acceptors (Lipinski definition) is 4. The maximum Gasteiger partial charge on any atom is 0.236 e. The van der Waals surface area contributed by atoms with E-state index in [-0.39, 0.29) is 42.3 Å². The number of rotatable bonds is 8. The highest BCUT2D eigenvalue weighted by molar-refractivity contribution is 5.83. The van der Waals surface area contributed by atoms with Gasteiger partial charge in [0, 0.05) is 25.4 Å². The number of amides is 2. The summed E-state index contributed by atoms with van der Waals surface area (Å²) in [5.41, 5.74) is 2.23. The first-order valence-electron chi connectivity index (χ1n) is 10.4. The lowest BCUT2D eigenvalue weighted by atomic mass is 9.74. The van der Waals surface area contributed by atoms with Gasteiger partial charge in [-0.3, -0.25) is 9.59 Å². The predicted molar refractivity (Wildman–Crippen MR) is 114 cm³/mol. The van der Waals surface area contributed by atoms with Gasteiger partial charge >= 0.3 is 0 Å². The summed E-state index contributed by atoms with van der Waals surface area (Å²) in [4.78, 5) is 30.8. The van der Waals surface area contributed by atoms with Crippen LogP contribution in [0.25, 0.3) is 6.08 Å². The Hall–Kier alpha value is -2.18. The Balaban J connectivity index is 1.83. The highest BCUT2D eigenvalue weighted by atomic mass is 16.3. The first-order valence-corrected chi connectivity index (χ1v) is 10.4. The molecule has 1 aliphatic carbocycles. The fourth-order valence-corrected chi connectivity index (χ4v) is 4.26. The van der Waals surface area contributed by atoms with E-state index >= 15 is 0 Å². The van der Waals surface area contributed by atoms with E-state index in [1.165, 1.54) is 0 Å². The number of carbonyl (C=O) groups excluding carboxylic acids is 2. The number of hydrogen-bond donors (Lipinski definition) is 1. The lowest BCUT2D eigenvalue weighted by Gasteiger charge is -2.56. The monoisotopic (exact) mass is 399 g/mol. The van der Waals surface area contributed by atoms with Crippen LogP contribution in [0.4, 0.5) is 0 Å². The number of nitrogens with zero attached hydrogens (tertiary/aromatic N) is 3. The van der Waals surface area contributed by atoms with Crippen LogP contribution in [0.1, 0.15) is 36.8 Å². The van der Waals surface area contributed by atoms with Crippen molar-refractivity contribution in [1.82, 2.24) is 14.7 Å². The fourth-order valence-electron chi connectivity index (χ4n) is 4.26. The molecular formula is C23H33N3O3. The molecule has 0 bridgehead atoms. The van der Waals surface area contributed by atoms with Gasteiger partial charge in [-0.05, 0) is 45.0 Å². The van der Waals surface area contributed by atoms with E-state index in [9.17, 15) is 14.7 Å². The van der Waals surface area contributed by atoms with Crippen LogP contribution in [-0.4, -0.2) is 84.5 Å². The van der Waals surface area contributed by atoms with Crippen LogP contribution in [0.5, 0.6) is 0 Å². The maximum absolute atomic E-state index is 12.9. The van der Waals surface area contributed by atoms with E-state index in [1.807, 2.05) is 43.0 Å². The van der Waals surface area contributed by atoms with Crippen LogP contribution >= 0.6 is 0 Å². The molecule has 2 fully saturated rings. The summed E-state index contributed by atoms with van der Waals surface area (Å²) in [5.74, 6) is 0.275. The van der Waals surface area contributed by atoms with Gasteiger partial charge in [0.25, 0.3) is 0 Å². The van der Waals surface area contributed by atoms with Crippen LogP contribution in [0.15, 0.2) is 30.3 Å². The highest BCUT2D eigenvalue weighted by Crippen LogP contribution is 2.44. The van der Waals surface area contributed by atoms with Gasteiger partial charge < -0.3 is 19.8 Å². The SMILES string of the molecule is C/C=C/c1ccc([C@@H]2[C@@H](CN(C)C(=O)CN(C)C)N(C(=O)C3CC3)[C@H]2CO)cc1. The second kappa shape index (κ2) is 9.09. The first-order chi connectivity index (χ1) is 13.9. The van der Waals surface area contributed by atoms with Gasteiger partial charge in [-0.1, -0.05) is 36.4 Å². The van der Waals surface area contributed by atoms with Crippen molar-refractivity contribution >= 4 is 17.9 Å². The van der Waals surface area contributed by atoms with Crippen molar-refractivity contribution in [2.45, 2.75) is 37.8 Å². The summed E-state index contributed by atoms with van der Waals surface area (Å²) < 4.78 is 0. The van der Waals surface area contributed by atoms with Crippen LogP contribution in [0, 0.1) is 5.92 Å². The summed E-state index contributed by atoms with van der Waals surface area (Å²) in [5, 5.41) is 10.1. The van der Waals surface area contributed by atoms with Gasteiger partial charge in [0.1, 0.15) is 0 Å². The number of aliphatic hydroxyl groups excluding tert-OH is 1. The molecule has 2 amide bonds. The van der Waals surface area contributed by atoms with E-state index in [0.717, 1.165) is 24.0 Å². The lowest BCUT2D eigenvalue weighted by Crippen LogP contribution is -2.69. The van der Waals surface area contributed by atoms with Crippen molar-refractivity contribution in [2.24, 2.45) is 5.92 Å². The van der Waals surface area contributed by atoms with E-state index in [1.54, 1.807) is 11.9 Å². The number of benzene rings is 1. The Morgan fingerprint density at radius 1 is 1.14 bits per heavy atom. The van der Waals surface area contributed by atoms with Crippen molar-refractivity contribution in [3.05, 3.63) is 41.5 Å². The second-order valence-electron chi connectivity index (χ2n) is 8.54. The Kier molecular flexibility index (Phi) is 6.75.